The average Bonchev–Trinajstić information content (AvgIpc) is 2.30. The lowest BCUT2D eigenvalue weighted by Gasteiger charge is -2.25. The summed E-state index contributed by atoms with van der Waals surface area (Å²) in [7, 11) is 0. The molecule has 0 aliphatic rings. The molecule has 0 spiro atoms. The Balaban J connectivity index is 2.82. The van der Waals surface area contributed by atoms with Crippen LogP contribution >= 0.6 is 0 Å². The second kappa shape index (κ2) is 5.38. The van der Waals surface area contributed by atoms with Gasteiger partial charge in [-0.3, -0.25) is 4.79 Å². The second-order valence-electron chi connectivity index (χ2n) is 3.97. The van der Waals surface area contributed by atoms with E-state index in [1.54, 1.807) is 0 Å². The maximum atomic E-state index is 11.8. The number of rotatable bonds is 5. The molecule has 0 aliphatic heterocycles. The first-order valence-corrected chi connectivity index (χ1v) is 5.30. The third kappa shape index (κ3) is 3.24. The number of aromatic nitrogens is 2. The minimum Gasteiger partial charge on any atom is -0.480 e. The van der Waals surface area contributed by atoms with Crippen LogP contribution in [0.5, 0.6) is 0 Å². The van der Waals surface area contributed by atoms with Crippen molar-refractivity contribution in [2.45, 2.75) is 32.2 Å². The zero-order valence-electron chi connectivity index (χ0n) is 9.80. The van der Waals surface area contributed by atoms with Crippen molar-refractivity contribution in [3.05, 3.63) is 24.3 Å². The van der Waals surface area contributed by atoms with Crippen LogP contribution in [-0.2, 0) is 4.79 Å². The van der Waals surface area contributed by atoms with Gasteiger partial charge < -0.3 is 10.4 Å². The Hall–Kier alpha value is -1.98. The molecule has 17 heavy (non-hydrogen) atoms. The minimum atomic E-state index is -1.26. The zero-order valence-corrected chi connectivity index (χ0v) is 9.80. The van der Waals surface area contributed by atoms with E-state index in [-0.39, 0.29) is 5.56 Å². The first-order valence-electron chi connectivity index (χ1n) is 5.30. The van der Waals surface area contributed by atoms with Crippen LogP contribution in [-0.4, -0.2) is 32.5 Å². The molecule has 0 saturated heterocycles. The highest BCUT2D eigenvalue weighted by atomic mass is 16.4. The quantitative estimate of drug-likeness (QED) is 0.792. The number of carbonyl (C=O) groups is 2. The molecule has 92 valence electrons. The molecule has 1 rings (SSSR count). The van der Waals surface area contributed by atoms with Gasteiger partial charge in [0.15, 0.2) is 0 Å². The third-order valence-corrected chi connectivity index (χ3v) is 2.43. The highest BCUT2D eigenvalue weighted by molar-refractivity contribution is 5.97. The Bertz CT molecular complexity index is 408. The van der Waals surface area contributed by atoms with Gasteiger partial charge in [0.25, 0.3) is 5.91 Å². The van der Waals surface area contributed by atoms with Gasteiger partial charge in [-0.2, -0.15) is 0 Å². The molecule has 6 heteroatoms. The number of aliphatic carboxylic acids is 1. The lowest BCUT2D eigenvalue weighted by molar-refractivity contribution is -0.144. The molecule has 0 bridgehead atoms. The smallest absolute Gasteiger partial charge is 0.329 e. The topological polar surface area (TPSA) is 92.2 Å². The Labute approximate surface area is 99.1 Å². The van der Waals surface area contributed by atoms with Gasteiger partial charge >= 0.3 is 5.97 Å². The lowest BCUT2D eigenvalue weighted by Crippen LogP contribution is -2.52. The molecule has 0 aliphatic carbocycles. The summed E-state index contributed by atoms with van der Waals surface area (Å²) in [4.78, 5) is 30.3. The zero-order chi connectivity index (χ0) is 12.9. The number of amides is 1. The fourth-order valence-corrected chi connectivity index (χ4v) is 1.46. The Morgan fingerprint density at radius 3 is 2.47 bits per heavy atom. The first kappa shape index (κ1) is 13.1. The summed E-state index contributed by atoms with van der Waals surface area (Å²) in [6.45, 7) is 3.35. The molecule has 1 atom stereocenters. The predicted octanol–water partition coefficient (Wildman–Crippen LogP) is 0.850. The standard InChI is InChI=1S/C11H15N3O3/c1-3-4-11(2,10(16)17)14-9(15)8-5-12-7-13-6-8/h5-7H,3-4H2,1-2H3,(H,14,15)(H,16,17). The molecule has 0 radical (unpaired) electrons. The van der Waals surface area contributed by atoms with Gasteiger partial charge in [-0.25, -0.2) is 14.8 Å². The fraction of sp³-hybridized carbons (Fsp3) is 0.455. The maximum Gasteiger partial charge on any atom is 0.329 e. The first-order chi connectivity index (χ1) is 7.99. The van der Waals surface area contributed by atoms with Gasteiger partial charge in [0.05, 0.1) is 5.56 Å². The van der Waals surface area contributed by atoms with Gasteiger partial charge in [-0.05, 0) is 13.3 Å². The third-order valence-electron chi connectivity index (χ3n) is 2.43. The van der Waals surface area contributed by atoms with Crippen molar-refractivity contribution >= 4 is 11.9 Å². The molecule has 0 aromatic carbocycles. The van der Waals surface area contributed by atoms with Crippen LogP contribution in [0, 0.1) is 0 Å². The molecular weight excluding hydrogens is 222 g/mol. The van der Waals surface area contributed by atoms with Gasteiger partial charge in [0.1, 0.15) is 11.9 Å². The molecule has 0 fully saturated rings. The minimum absolute atomic E-state index is 0.246. The van der Waals surface area contributed by atoms with Gasteiger partial charge in [0.2, 0.25) is 0 Å². The van der Waals surface area contributed by atoms with Gasteiger partial charge in [-0.1, -0.05) is 13.3 Å². The Kier molecular flexibility index (Phi) is 4.14. The number of nitrogens with one attached hydrogen (secondary N) is 1. The molecule has 1 unspecified atom stereocenters. The summed E-state index contributed by atoms with van der Waals surface area (Å²) in [6, 6.07) is 0. The van der Waals surface area contributed by atoms with Crippen molar-refractivity contribution in [3.63, 3.8) is 0 Å². The summed E-state index contributed by atoms with van der Waals surface area (Å²) in [5, 5.41) is 11.6. The highest BCUT2D eigenvalue weighted by Crippen LogP contribution is 2.13. The van der Waals surface area contributed by atoms with Crippen molar-refractivity contribution in [2.75, 3.05) is 0 Å². The number of carboxylic acid groups (broad SMARTS) is 1. The molecule has 6 nitrogen and oxygen atoms in total. The normalized spacial score (nSPS) is 13.8. The van der Waals surface area contributed by atoms with Gasteiger partial charge in [-0.15, -0.1) is 0 Å². The molecule has 1 amide bonds. The number of carbonyl (C=O) groups excluding carboxylic acids is 1. The number of hydrogen-bond donors (Lipinski definition) is 2. The summed E-state index contributed by atoms with van der Waals surface area (Å²) in [5.41, 5.74) is -1.02. The van der Waals surface area contributed by atoms with Crippen molar-refractivity contribution < 1.29 is 14.7 Å². The van der Waals surface area contributed by atoms with E-state index in [9.17, 15) is 9.59 Å². The fourth-order valence-electron chi connectivity index (χ4n) is 1.46. The van der Waals surface area contributed by atoms with Crippen molar-refractivity contribution in [1.29, 1.82) is 0 Å². The van der Waals surface area contributed by atoms with E-state index in [4.69, 9.17) is 5.11 Å². The second-order valence-corrected chi connectivity index (χ2v) is 3.97. The van der Waals surface area contributed by atoms with E-state index in [1.807, 2.05) is 6.92 Å². The molecule has 1 aromatic rings. The largest absolute Gasteiger partial charge is 0.480 e. The monoisotopic (exact) mass is 237 g/mol. The van der Waals surface area contributed by atoms with Crippen molar-refractivity contribution in [1.82, 2.24) is 15.3 Å². The highest BCUT2D eigenvalue weighted by Gasteiger charge is 2.34. The van der Waals surface area contributed by atoms with E-state index in [0.717, 1.165) is 0 Å². The average molecular weight is 237 g/mol. The van der Waals surface area contributed by atoms with Crippen LogP contribution in [0.4, 0.5) is 0 Å². The lowest BCUT2D eigenvalue weighted by atomic mass is 9.96. The van der Waals surface area contributed by atoms with Crippen LogP contribution in [0.2, 0.25) is 0 Å². The van der Waals surface area contributed by atoms with E-state index < -0.39 is 17.4 Å². The molecule has 1 aromatic heterocycles. The van der Waals surface area contributed by atoms with E-state index >= 15 is 0 Å². The SMILES string of the molecule is CCCC(C)(NC(=O)c1cncnc1)C(=O)O. The van der Waals surface area contributed by atoms with Crippen LogP contribution in [0.1, 0.15) is 37.0 Å². The number of carboxylic acids is 1. The Morgan fingerprint density at radius 1 is 1.41 bits per heavy atom. The maximum absolute atomic E-state index is 11.8. The van der Waals surface area contributed by atoms with Crippen molar-refractivity contribution in [3.8, 4) is 0 Å². The number of hydrogen-bond acceptors (Lipinski definition) is 4. The Morgan fingerprint density at radius 2 is 2.00 bits per heavy atom. The summed E-state index contributed by atoms with van der Waals surface area (Å²) in [6.07, 6.45) is 5.02. The summed E-state index contributed by atoms with van der Waals surface area (Å²) < 4.78 is 0. The molecule has 1 heterocycles. The molecular formula is C11H15N3O3. The molecule has 0 saturated carbocycles. The van der Waals surface area contributed by atoms with E-state index in [0.29, 0.717) is 12.8 Å². The summed E-state index contributed by atoms with van der Waals surface area (Å²) in [5.74, 6) is -1.53. The molecule has 2 N–H and O–H groups in total. The van der Waals surface area contributed by atoms with Crippen LogP contribution < -0.4 is 5.32 Å². The van der Waals surface area contributed by atoms with Crippen LogP contribution in [0.15, 0.2) is 18.7 Å². The van der Waals surface area contributed by atoms with Crippen LogP contribution in [0.3, 0.4) is 0 Å². The van der Waals surface area contributed by atoms with Crippen LogP contribution in [0.25, 0.3) is 0 Å². The van der Waals surface area contributed by atoms with Crippen molar-refractivity contribution in [2.24, 2.45) is 0 Å². The summed E-state index contributed by atoms with van der Waals surface area (Å²) >= 11 is 0. The van der Waals surface area contributed by atoms with Gasteiger partial charge in [0, 0.05) is 12.4 Å². The van der Waals surface area contributed by atoms with E-state index in [2.05, 4.69) is 15.3 Å². The van der Waals surface area contributed by atoms with E-state index in [1.165, 1.54) is 25.6 Å². The number of nitrogens with zero attached hydrogens (tertiary/aromatic N) is 2. The predicted molar refractivity (Wildman–Crippen MR) is 60.4 cm³/mol.